The van der Waals surface area contributed by atoms with Crippen LogP contribution in [0, 0.1) is 0 Å². The van der Waals surface area contributed by atoms with Crippen molar-refractivity contribution in [2.45, 2.75) is 19.9 Å². The number of carbonyl (C=O) groups excluding carboxylic acids is 2. The first-order valence-electron chi connectivity index (χ1n) is 9.39. The molecule has 1 N–H and O–H groups in total. The summed E-state index contributed by atoms with van der Waals surface area (Å²) >= 11 is 0. The molecule has 0 bridgehead atoms. The maximum atomic E-state index is 13.1. The molecule has 2 amide bonds. The normalized spacial score (nSPS) is 16.0. The smallest absolute Gasteiger partial charge is 0.255 e. The Morgan fingerprint density at radius 3 is 2.52 bits per heavy atom. The van der Waals surface area contributed by atoms with Gasteiger partial charge >= 0.3 is 0 Å². The fraction of sp³-hybridized carbons (Fsp3) is 0.273. The van der Waals surface area contributed by atoms with Crippen LogP contribution < -0.4 is 0 Å². The third kappa shape index (κ3) is 2.79. The van der Waals surface area contributed by atoms with Gasteiger partial charge in [-0.2, -0.15) is 0 Å². The van der Waals surface area contributed by atoms with E-state index in [2.05, 4.69) is 11.1 Å². The van der Waals surface area contributed by atoms with Crippen LogP contribution in [0.25, 0.3) is 10.9 Å². The van der Waals surface area contributed by atoms with E-state index in [1.54, 1.807) is 9.80 Å². The lowest BCUT2D eigenvalue weighted by molar-refractivity contribution is -0.131. The van der Waals surface area contributed by atoms with Gasteiger partial charge in [-0.3, -0.25) is 9.59 Å². The van der Waals surface area contributed by atoms with Gasteiger partial charge in [-0.1, -0.05) is 36.4 Å². The van der Waals surface area contributed by atoms with E-state index >= 15 is 0 Å². The molecule has 4 rings (SSSR count). The van der Waals surface area contributed by atoms with Crippen LogP contribution in [-0.4, -0.2) is 46.2 Å². The molecule has 3 aromatic rings. The number of H-pyrrole nitrogens is 1. The van der Waals surface area contributed by atoms with Gasteiger partial charge in [-0.05, 0) is 31.5 Å². The van der Waals surface area contributed by atoms with Crippen molar-refractivity contribution in [2.75, 3.05) is 19.6 Å². The lowest BCUT2D eigenvalue weighted by atomic mass is 9.97. The van der Waals surface area contributed by atoms with Gasteiger partial charge in [-0.25, -0.2) is 0 Å². The van der Waals surface area contributed by atoms with Crippen molar-refractivity contribution in [1.82, 2.24) is 14.8 Å². The Morgan fingerprint density at radius 1 is 1.04 bits per heavy atom. The summed E-state index contributed by atoms with van der Waals surface area (Å²) < 4.78 is 0. The summed E-state index contributed by atoms with van der Waals surface area (Å²) in [5, 5.41) is 1.08. The highest BCUT2D eigenvalue weighted by Crippen LogP contribution is 2.40. The van der Waals surface area contributed by atoms with E-state index in [-0.39, 0.29) is 24.4 Å². The van der Waals surface area contributed by atoms with Crippen molar-refractivity contribution >= 4 is 22.7 Å². The molecule has 5 heteroatoms. The summed E-state index contributed by atoms with van der Waals surface area (Å²) in [6.45, 7) is 5.28. The Labute approximate surface area is 158 Å². The topological polar surface area (TPSA) is 56.4 Å². The second-order valence-corrected chi connectivity index (χ2v) is 6.78. The molecule has 138 valence electrons. The number of fused-ring (bicyclic) bond motifs is 2. The summed E-state index contributed by atoms with van der Waals surface area (Å²) in [7, 11) is 0. The van der Waals surface area contributed by atoms with Crippen LogP contribution >= 0.6 is 0 Å². The SMILES string of the molecule is CCN(CC)C(=O)CN1C(=O)c2ccccc2[C@H]1c1c[nH]c2ccccc12. The third-order valence-corrected chi connectivity index (χ3v) is 5.40. The summed E-state index contributed by atoms with van der Waals surface area (Å²) in [4.78, 5) is 32.7. The van der Waals surface area contributed by atoms with E-state index in [1.165, 1.54) is 0 Å². The quantitative estimate of drug-likeness (QED) is 0.755. The molecule has 1 aliphatic rings. The van der Waals surface area contributed by atoms with Gasteiger partial charge in [0.25, 0.3) is 5.91 Å². The number of likely N-dealkylation sites (N-methyl/N-ethyl adjacent to an activating group) is 1. The molecular formula is C22H23N3O2. The molecule has 0 fully saturated rings. The highest BCUT2D eigenvalue weighted by Gasteiger charge is 2.39. The summed E-state index contributed by atoms with van der Waals surface area (Å²) in [6, 6.07) is 15.4. The second kappa shape index (κ2) is 6.91. The van der Waals surface area contributed by atoms with Crippen LogP contribution in [0.3, 0.4) is 0 Å². The highest BCUT2D eigenvalue weighted by atomic mass is 16.2. The minimum atomic E-state index is -0.260. The summed E-state index contributed by atoms with van der Waals surface area (Å²) in [5.41, 5.74) is 3.69. The Morgan fingerprint density at radius 2 is 1.74 bits per heavy atom. The average Bonchev–Trinajstić information content (AvgIpc) is 3.23. The van der Waals surface area contributed by atoms with Crippen molar-refractivity contribution in [3.05, 3.63) is 71.4 Å². The van der Waals surface area contributed by atoms with E-state index in [0.717, 1.165) is 22.0 Å². The van der Waals surface area contributed by atoms with Crippen LogP contribution in [0.2, 0.25) is 0 Å². The molecule has 0 radical (unpaired) electrons. The average molecular weight is 361 g/mol. The number of hydrogen-bond donors (Lipinski definition) is 1. The van der Waals surface area contributed by atoms with E-state index in [0.29, 0.717) is 18.7 Å². The number of hydrogen-bond acceptors (Lipinski definition) is 2. The first kappa shape index (κ1) is 17.3. The van der Waals surface area contributed by atoms with Crippen LogP contribution in [0.5, 0.6) is 0 Å². The first-order valence-corrected chi connectivity index (χ1v) is 9.39. The fourth-order valence-electron chi connectivity index (χ4n) is 4.01. The number of rotatable bonds is 5. The molecule has 0 aliphatic carbocycles. The zero-order valence-electron chi connectivity index (χ0n) is 15.6. The zero-order valence-corrected chi connectivity index (χ0v) is 15.6. The number of carbonyl (C=O) groups is 2. The predicted molar refractivity (Wildman–Crippen MR) is 106 cm³/mol. The van der Waals surface area contributed by atoms with Crippen LogP contribution in [0.1, 0.15) is 41.4 Å². The molecule has 5 nitrogen and oxygen atoms in total. The number of benzene rings is 2. The van der Waals surface area contributed by atoms with E-state index in [9.17, 15) is 9.59 Å². The zero-order chi connectivity index (χ0) is 19.0. The van der Waals surface area contributed by atoms with Crippen molar-refractivity contribution in [3.8, 4) is 0 Å². The van der Waals surface area contributed by atoms with Crippen LogP contribution in [0.4, 0.5) is 0 Å². The molecule has 0 saturated heterocycles. The van der Waals surface area contributed by atoms with E-state index in [4.69, 9.17) is 0 Å². The lowest BCUT2D eigenvalue weighted by Gasteiger charge is -2.28. The van der Waals surface area contributed by atoms with Crippen LogP contribution in [-0.2, 0) is 4.79 Å². The number of nitrogens with one attached hydrogen (secondary N) is 1. The van der Waals surface area contributed by atoms with Gasteiger partial charge in [0.05, 0.1) is 6.04 Å². The molecule has 1 atom stereocenters. The number of aromatic nitrogens is 1. The van der Waals surface area contributed by atoms with Gasteiger partial charge in [0.1, 0.15) is 6.54 Å². The number of para-hydroxylation sites is 1. The van der Waals surface area contributed by atoms with Gasteiger partial charge in [0.15, 0.2) is 0 Å². The minimum Gasteiger partial charge on any atom is -0.361 e. The fourth-order valence-corrected chi connectivity index (χ4v) is 4.01. The number of nitrogens with zero attached hydrogens (tertiary/aromatic N) is 2. The molecule has 2 heterocycles. The van der Waals surface area contributed by atoms with E-state index in [1.807, 2.05) is 62.5 Å². The Hall–Kier alpha value is -3.08. The standard InChI is InChI=1S/C22H23N3O2/c1-3-24(4-2)20(26)14-25-21(16-10-5-6-11-17(16)22(25)27)18-13-23-19-12-8-7-9-15(18)19/h5-13,21,23H,3-4,14H2,1-2H3/t21-/m0/s1. The molecular weight excluding hydrogens is 338 g/mol. The van der Waals surface area contributed by atoms with Crippen molar-refractivity contribution in [1.29, 1.82) is 0 Å². The highest BCUT2D eigenvalue weighted by molar-refractivity contribution is 6.02. The Kier molecular flexibility index (Phi) is 4.44. The Bertz CT molecular complexity index is 1000. The second-order valence-electron chi connectivity index (χ2n) is 6.78. The number of aromatic amines is 1. The predicted octanol–water partition coefficient (Wildman–Crippen LogP) is 3.58. The molecule has 0 unspecified atom stereocenters. The Balaban J connectivity index is 1.80. The van der Waals surface area contributed by atoms with E-state index < -0.39 is 0 Å². The summed E-state index contributed by atoms with van der Waals surface area (Å²) in [5.74, 6) is -0.104. The minimum absolute atomic E-state index is 0.0222. The summed E-state index contributed by atoms with van der Waals surface area (Å²) in [6.07, 6.45) is 1.96. The lowest BCUT2D eigenvalue weighted by Crippen LogP contribution is -2.41. The van der Waals surface area contributed by atoms with Crippen molar-refractivity contribution < 1.29 is 9.59 Å². The van der Waals surface area contributed by atoms with Gasteiger partial charge in [-0.15, -0.1) is 0 Å². The molecule has 0 spiro atoms. The molecule has 2 aromatic carbocycles. The maximum absolute atomic E-state index is 13.1. The van der Waals surface area contributed by atoms with Gasteiger partial charge in [0.2, 0.25) is 5.91 Å². The molecule has 1 aromatic heterocycles. The van der Waals surface area contributed by atoms with Crippen molar-refractivity contribution in [2.24, 2.45) is 0 Å². The van der Waals surface area contributed by atoms with Gasteiger partial charge in [0, 0.05) is 41.3 Å². The molecule has 1 aliphatic heterocycles. The van der Waals surface area contributed by atoms with Crippen molar-refractivity contribution in [3.63, 3.8) is 0 Å². The monoisotopic (exact) mass is 361 g/mol. The maximum Gasteiger partial charge on any atom is 0.255 e. The molecule has 27 heavy (non-hydrogen) atoms. The molecule has 0 saturated carbocycles. The van der Waals surface area contributed by atoms with Gasteiger partial charge < -0.3 is 14.8 Å². The first-order chi connectivity index (χ1) is 13.2. The number of amides is 2. The largest absolute Gasteiger partial charge is 0.361 e. The third-order valence-electron chi connectivity index (χ3n) is 5.40. The van der Waals surface area contributed by atoms with Crippen LogP contribution in [0.15, 0.2) is 54.7 Å².